The van der Waals surface area contributed by atoms with Gasteiger partial charge in [0.15, 0.2) is 0 Å². The first-order chi connectivity index (χ1) is 18.0. The number of rotatable bonds is 10. The highest BCUT2D eigenvalue weighted by atomic mass is 16.5. The zero-order valence-corrected chi connectivity index (χ0v) is 21.0. The first-order valence-corrected chi connectivity index (χ1v) is 12.4. The lowest BCUT2D eigenvalue weighted by molar-refractivity contribution is 0.0734. The van der Waals surface area contributed by atoms with Crippen LogP contribution in [-0.2, 0) is 0 Å². The van der Waals surface area contributed by atoms with E-state index in [1.165, 1.54) is 0 Å². The van der Waals surface area contributed by atoms with Crippen molar-refractivity contribution in [3.8, 4) is 29.1 Å². The fourth-order valence-electron chi connectivity index (χ4n) is 4.03. The lowest BCUT2D eigenvalue weighted by atomic mass is 9.83. The van der Waals surface area contributed by atoms with Gasteiger partial charge in [0.2, 0.25) is 5.88 Å². The number of hydrogen-bond donors (Lipinski definition) is 1. The minimum Gasteiger partial charge on any atom is -0.494 e. The number of allylic oxidation sites excluding steroid dienone is 1. The van der Waals surface area contributed by atoms with Crippen LogP contribution in [0.25, 0.3) is 0 Å². The SMILES string of the molecule is CCCCOc1cccc(C(=O)Oc2ccc3c(c2)OC(N)=C(C#N)C3c2ccc(OCCC)cc2)c1. The molecule has 1 atom stereocenters. The summed E-state index contributed by atoms with van der Waals surface area (Å²) in [5.41, 5.74) is 8.44. The fourth-order valence-corrected chi connectivity index (χ4v) is 4.03. The summed E-state index contributed by atoms with van der Waals surface area (Å²) in [5, 5.41) is 9.81. The summed E-state index contributed by atoms with van der Waals surface area (Å²) >= 11 is 0. The van der Waals surface area contributed by atoms with Gasteiger partial charge in [-0.2, -0.15) is 5.26 Å². The number of unbranched alkanes of at least 4 members (excludes halogenated alkanes) is 1. The molecule has 0 radical (unpaired) electrons. The minimum absolute atomic E-state index is 0.0201. The molecule has 1 heterocycles. The van der Waals surface area contributed by atoms with E-state index in [0.717, 1.165) is 36.1 Å². The molecule has 7 nitrogen and oxygen atoms in total. The van der Waals surface area contributed by atoms with Gasteiger partial charge >= 0.3 is 5.97 Å². The number of ether oxygens (including phenoxy) is 4. The predicted molar refractivity (Wildman–Crippen MR) is 140 cm³/mol. The Labute approximate surface area is 217 Å². The monoisotopic (exact) mass is 498 g/mol. The van der Waals surface area contributed by atoms with E-state index in [2.05, 4.69) is 13.0 Å². The molecule has 0 fully saturated rings. The van der Waals surface area contributed by atoms with Gasteiger partial charge in [-0.05, 0) is 54.8 Å². The van der Waals surface area contributed by atoms with Gasteiger partial charge in [-0.1, -0.05) is 44.5 Å². The van der Waals surface area contributed by atoms with E-state index >= 15 is 0 Å². The van der Waals surface area contributed by atoms with E-state index in [-0.39, 0.29) is 5.88 Å². The third-order valence-electron chi connectivity index (χ3n) is 5.92. The van der Waals surface area contributed by atoms with Crippen molar-refractivity contribution in [3.63, 3.8) is 0 Å². The van der Waals surface area contributed by atoms with Gasteiger partial charge in [-0.25, -0.2) is 4.79 Å². The zero-order valence-electron chi connectivity index (χ0n) is 21.0. The van der Waals surface area contributed by atoms with Crippen molar-refractivity contribution in [2.45, 2.75) is 39.0 Å². The van der Waals surface area contributed by atoms with Crippen LogP contribution in [0.2, 0.25) is 0 Å². The molecule has 0 aliphatic carbocycles. The standard InChI is InChI=1S/C30H30N2O5/c1-3-5-16-35-23-8-6-7-21(17-23)30(33)36-24-13-14-25-27(18-24)37-29(32)26(19-31)28(25)20-9-11-22(12-10-20)34-15-4-2/h6-14,17-18,28H,3-5,15-16,32H2,1-2H3. The molecule has 0 bridgehead atoms. The Balaban J connectivity index is 1.56. The summed E-state index contributed by atoms with van der Waals surface area (Å²) in [6.07, 6.45) is 2.88. The summed E-state index contributed by atoms with van der Waals surface area (Å²) in [4.78, 5) is 12.8. The van der Waals surface area contributed by atoms with Crippen LogP contribution >= 0.6 is 0 Å². The molecule has 1 aliphatic rings. The zero-order chi connectivity index (χ0) is 26.2. The number of nitrogens with two attached hydrogens (primary N) is 1. The molecule has 3 aromatic rings. The average molecular weight is 499 g/mol. The lowest BCUT2D eigenvalue weighted by Crippen LogP contribution is -2.21. The smallest absolute Gasteiger partial charge is 0.343 e. The topological polar surface area (TPSA) is 104 Å². The third kappa shape index (κ3) is 6.04. The summed E-state index contributed by atoms with van der Waals surface area (Å²) in [6, 6.07) is 21.8. The second-order valence-corrected chi connectivity index (χ2v) is 8.66. The van der Waals surface area contributed by atoms with Crippen molar-refractivity contribution in [2.24, 2.45) is 5.73 Å². The fraction of sp³-hybridized carbons (Fsp3) is 0.267. The largest absolute Gasteiger partial charge is 0.494 e. The van der Waals surface area contributed by atoms with Crippen molar-refractivity contribution < 1.29 is 23.7 Å². The molecule has 4 rings (SSSR count). The van der Waals surface area contributed by atoms with Gasteiger partial charge in [-0.3, -0.25) is 0 Å². The minimum atomic E-state index is -0.517. The highest BCUT2D eigenvalue weighted by Gasteiger charge is 2.31. The molecule has 37 heavy (non-hydrogen) atoms. The Kier molecular flexibility index (Phi) is 8.32. The molecule has 3 aromatic carbocycles. The Morgan fingerprint density at radius 2 is 1.70 bits per heavy atom. The highest BCUT2D eigenvalue weighted by molar-refractivity contribution is 5.91. The van der Waals surface area contributed by atoms with Crippen LogP contribution in [0, 0.1) is 11.3 Å². The Morgan fingerprint density at radius 1 is 0.946 bits per heavy atom. The van der Waals surface area contributed by atoms with Gasteiger partial charge in [-0.15, -0.1) is 0 Å². The molecule has 0 spiro atoms. The molecule has 0 amide bonds. The number of hydrogen-bond acceptors (Lipinski definition) is 7. The van der Waals surface area contributed by atoms with E-state index in [4.69, 9.17) is 24.7 Å². The van der Waals surface area contributed by atoms with Gasteiger partial charge in [0.05, 0.1) is 24.7 Å². The predicted octanol–water partition coefficient (Wildman–Crippen LogP) is 6.09. The van der Waals surface area contributed by atoms with Crippen LogP contribution < -0.4 is 24.7 Å². The van der Waals surface area contributed by atoms with Crippen molar-refractivity contribution >= 4 is 5.97 Å². The number of fused-ring (bicyclic) bond motifs is 1. The maximum absolute atomic E-state index is 12.8. The van der Waals surface area contributed by atoms with Crippen LogP contribution in [0.15, 0.2) is 78.2 Å². The number of benzene rings is 3. The molecular weight excluding hydrogens is 468 g/mol. The number of carbonyl (C=O) groups excluding carboxylic acids is 1. The first kappa shape index (κ1) is 25.6. The van der Waals surface area contributed by atoms with Crippen molar-refractivity contribution in [3.05, 3.63) is 94.9 Å². The van der Waals surface area contributed by atoms with Gasteiger partial charge in [0, 0.05) is 11.6 Å². The van der Waals surface area contributed by atoms with Crippen LogP contribution in [0.5, 0.6) is 23.0 Å². The van der Waals surface area contributed by atoms with Crippen LogP contribution in [0.4, 0.5) is 0 Å². The number of carbonyl (C=O) groups is 1. The van der Waals surface area contributed by atoms with Crippen molar-refractivity contribution in [1.82, 2.24) is 0 Å². The number of nitriles is 1. The molecule has 0 saturated carbocycles. The number of nitrogens with zero attached hydrogens (tertiary/aromatic N) is 1. The second kappa shape index (κ2) is 12.0. The maximum atomic E-state index is 12.8. The molecule has 190 valence electrons. The third-order valence-corrected chi connectivity index (χ3v) is 5.92. The second-order valence-electron chi connectivity index (χ2n) is 8.66. The summed E-state index contributed by atoms with van der Waals surface area (Å²) < 4.78 is 22.8. The van der Waals surface area contributed by atoms with Crippen molar-refractivity contribution in [1.29, 1.82) is 5.26 Å². The molecule has 0 saturated heterocycles. The summed E-state index contributed by atoms with van der Waals surface area (Å²) in [7, 11) is 0. The molecule has 1 aliphatic heterocycles. The Hall–Kier alpha value is -4.44. The summed E-state index contributed by atoms with van der Waals surface area (Å²) in [6.45, 7) is 5.36. The maximum Gasteiger partial charge on any atom is 0.343 e. The van der Waals surface area contributed by atoms with E-state index in [1.54, 1.807) is 36.4 Å². The molecule has 2 N–H and O–H groups in total. The quantitative estimate of drug-likeness (QED) is 0.205. The van der Waals surface area contributed by atoms with E-state index in [9.17, 15) is 10.1 Å². The molecule has 1 unspecified atom stereocenters. The van der Waals surface area contributed by atoms with Crippen molar-refractivity contribution in [2.75, 3.05) is 13.2 Å². The van der Waals surface area contributed by atoms with Gasteiger partial charge in [0.1, 0.15) is 34.6 Å². The van der Waals surface area contributed by atoms with Crippen LogP contribution in [0.1, 0.15) is 60.5 Å². The van der Waals surface area contributed by atoms with Crippen LogP contribution in [0.3, 0.4) is 0 Å². The normalized spacial score (nSPS) is 14.2. The van der Waals surface area contributed by atoms with E-state index in [1.807, 2.05) is 37.3 Å². The Bertz CT molecular complexity index is 1320. The van der Waals surface area contributed by atoms with E-state index < -0.39 is 11.9 Å². The van der Waals surface area contributed by atoms with Gasteiger partial charge < -0.3 is 24.7 Å². The van der Waals surface area contributed by atoms with Crippen LogP contribution in [-0.4, -0.2) is 19.2 Å². The molecular formula is C30H30N2O5. The van der Waals surface area contributed by atoms with Gasteiger partial charge in [0.25, 0.3) is 0 Å². The number of esters is 1. The summed E-state index contributed by atoms with van der Waals surface area (Å²) in [5.74, 6) is 1.19. The Morgan fingerprint density at radius 3 is 2.43 bits per heavy atom. The lowest BCUT2D eigenvalue weighted by Gasteiger charge is -2.26. The molecule has 7 heteroatoms. The molecule has 0 aromatic heterocycles. The first-order valence-electron chi connectivity index (χ1n) is 12.4. The average Bonchev–Trinajstić information content (AvgIpc) is 2.91. The van der Waals surface area contributed by atoms with E-state index in [0.29, 0.717) is 41.6 Å². The highest BCUT2D eigenvalue weighted by Crippen LogP contribution is 2.43.